The third-order valence-electron chi connectivity index (χ3n) is 3.41. The Hall–Kier alpha value is -1.52. The summed E-state index contributed by atoms with van der Waals surface area (Å²) in [5.74, 6) is 2.36. The summed E-state index contributed by atoms with van der Waals surface area (Å²) in [4.78, 5) is 8.90. The smallest absolute Gasteiger partial charge is 0.216 e. The number of unbranched alkanes of at least 4 members (excludes halogenated alkanes) is 2. The fraction of sp³-hybridized carbons (Fsp3) is 0.750. The van der Waals surface area contributed by atoms with Crippen LogP contribution >= 0.6 is 0 Å². The minimum Gasteiger partial charge on any atom is -0.444 e. The molecule has 5 heteroatoms. The summed E-state index contributed by atoms with van der Waals surface area (Å²) in [6.45, 7) is 11.7. The molecule has 0 aliphatic rings. The maximum absolute atomic E-state index is 5.55. The van der Waals surface area contributed by atoms with E-state index in [1.807, 2.05) is 13.8 Å². The number of rotatable bonds is 8. The van der Waals surface area contributed by atoms with Crippen LogP contribution in [0.3, 0.4) is 0 Å². The van der Waals surface area contributed by atoms with Gasteiger partial charge in [-0.25, -0.2) is 9.98 Å². The summed E-state index contributed by atoms with van der Waals surface area (Å²) in [6, 6.07) is 0.419. The lowest BCUT2D eigenvalue weighted by molar-refractivity contribution is 0.472. The second kappa shape index (κ2) is 9.42. The normalized spacial score (nSPS) is 13.3. The largest absolute Gasteiger partial charge is 0.444 e. The Kier molecular flexibility index (Phi) is 7.87. The Balaban J connectivity index is 2.52. The molecule has 120 valence electrons. The van der Waals surface area contributed by atoms with Gasteiger partial charge in [-0.05, 0) is 34.1 Å². The number of aliphatic imine (C=N–C) groups is 1. The van der Waals surface area contributed by atoms with Crippen LogP contribution in [0, 0.1) is 13.8 Å². The summed E-state index contributed by atoms with van der Waals surface area (Å²) in [7, 11) is 0. The lowest BCUT2D eigenvalue weighted by Gasteiger charge is -2.17. The lowest BCUT2D eigenvalue weighted by Crippen LogP contribution is -2.42. The fourth-order valence-electron chi connectivity index (χ4n) is 2.08. The SMILES string of the molecule is CCCCCC(C)NC(=NCc1nc(C)c(C)o1)NCC. The van der Waals surface area contributed by atoms with Crippen molar-refractivity contribution in [1.29, 1.82) is 0 Å². The predicted molar refractivity (Wildman–Crippen MR) is 87.5 cm³/mol. The van der Waals surface area contributed by atoms with E-state index in [0.717, 1.165) is 30.4 Å². The van der Waals surface area contributed by atoms with Crippen molar-refractivity contribution in [3.05, 3.63) is 17.3 Å². The van der Waals surface area contributed by atoms with E-state index < -0.39 is 0 Å². The average molecular weight is 294 g/mol. The van der Waals surface area contributed by atoms with Gasteiger partial charge in [-0.1, -0.05) is 26.2 Å². The maximum atomic E-state index is 5.55. The first kappa shape index (κ1) is 17.5. The number of nitrogens with one attached hydrogen (secondary N) is 2. The molecule has 0 radical (unpaired) electrons. The van der Waals surface area contributed by atoms with Gasteiger partial charge in [-0.2, -0.15) is 0 Å². The van der Waals surface area contributed by atoms with Gasteiger partial charge in [-0.15, -0.1) is 0 Å². The summed E-state index contributed by atoms with van der Waals surface area (Å²) >= 11 is 0. The molecule has 1 heterocycles. The molecular formula is C16H30N4O. The van der Waals surface area contributed by atoms with E-state index in [0.29, 0.717) is 18.5 Å². The van der Waals surface area contributed by atoms with E-state index in [1.54, 1.807) is 0 Å². The van der Waals surface area contributed by atoms with Crippen LogP contribution in [0.5, 0.6) is 0 Å². The zero-order valence-corrected chi connectivity index (χ0v) is 14.1. The number of hydrogen-bond acceptors (Lipinski definition) is 3. The molecule has 0 aromatic carbocycles. The van der Waals surface area contributed by atoms with Gasteiger partial charge in [0.25, 0.3) is 0 Å². The van der Waals surface area contributed by atoms with Gasteiger partial charge in [0.15, 0.2) is 5.96 Å². The highest BCUT2D eigenvalue weighted by atomic mass is 16.4. The van der Waals surface area contributed by atoms with Crippen molar-refractivity contribution in [3.63, 3.8) is 0 Å². The number of hydrogen-bond donors (Lipinski definition) is 2. The molecule has 1 rings (SSSR count). The van der Waals surface area contributed by atoms with E-state index in [4.69, 9.17) is 4.42 Å². The highest BCUT2D eigenvalue weighted by molar-refractivity contribution is 5.79. The second-order valence-electron chi connectivity index (χ2n) is 5.49. The number of aryl methyl sites for hydroxylation is 2. The number of aromatic nitrogens is 1. The van der Waals surface area contributed by atoms with Crippen molar-refractivity contribution in [2.75, 3.05) is 6.54 Å². The van der Waals surface area contributed by atoms with Crippen LogP contribution in [0.15, 0.2) is 9.41 Å². The predicted octanol–water partition coefficient (Wildman–Crippen LogP) is 3.32. The molecule has 0 aliphatic heterocycles. The fourth-order valence-corrected chi connectivity index (χ4v) is 2.08. The van der Waals surface area contributed by atoms with Crippen LogP contribution in [0.2, 0.25) is 0 Å². The Labute approximate surface area is 128 Å². The maximum Gasteiger partial charge on any atom is 0.216 e. The zero-order valence-electron chi connectivity index (χ0n) is 14.1. The van der Waals surface area contributed by atoms with E-state index in [2.05, 4.69) is 41.4 Å². The molecule has 0 spiro atoms. The van der Waals surface area contributed by atoms with Crippen molar-refractivity contribution in [1.82, 2.24) is 15.6 Å². The van der Waals surface area contributed by atoms with Gasteiger partial charge in [0.2, 0.25) is 5.89 Å². The van der Waals surface area contributed by atoms with E-state index in [1.165, 1.54) is 19.3 Å². The summed E-state index contributed by atoms with van der Waals surface area (Å²) in [6.07, 6.45) is 4.95. The van der Waals surface area contributed by atoms with Crippen LogP contribution in [-0.4, -0.2) is 23.5 Å². The third kappa shape index (κ3) is 6.65. The molecule has 0 fully saturated rings. The van der Waals surface area contributed by atoms with Crippen LogP contribution in [-0.2, 0) is 6.54 Å². The molecule has 1 aromatic rings. The van der Waals surface area contributed by atoms with Crippen LogP contribution in [0.25, 0.3) is 0 Å². The van der Waals surface area contributed by atoms with Gasteiger partial charge in [0.05, 0.1) is 5.69 Å². The second-order valence-corrected chi connectivity index (χ2v) is 5.49. The lowest BCUT2D eigenvalue weighted by atomic mass is 10.1. The van der Waals surface area contributed by atoms with Crippen molar-refractivity contribution in [2.45, 2.75) is 72.9 Å². The zero-order chi connectivity index (χ0) is 15.7. The Morgan fingerprint density at radius 1 is 1.29 bits per heavy atom. The minimum atomic E-state index is 0.419. The molecule has 1 atom stereocenters. The quantitative estimate of drug-likeness (QED) is 0.438. The van der Waals surface area contributed by atoms with E-state index in [9.17, 15) is 0 Å². The topological polar surface area (TPSA) is 62.5 Å². The van der Waals surface area contributed by atoms with Gasteiger partial charge in [-0.3, -0.25) is 0 Å². The van der Waals surface area contributed by atoms with Crippen molar-refractivity contribution in [3.8, 4) is 0 Å². The molecule has 1 aromatic heterocycles. The first-order valence-corrected chi connectivity index (χ1v) is 8.04. The Bertz CT molecular complexity index is 420. The molecule has 5 nitrogen and oxygen atoms in total. The summed E-state index contributed by atoms with van der Waals surface area (Å²) in [5, 5.41) is 6.70. The van der Waals surface area contributed by atoms with Gasteiger partial charge >= 0.3 is 0 Å². The molecule has 0 bridgehead atoms. The molecule has 0 saturated carbocycles. The molecule has 2 N–H and O–H groups in total. The summed E-state index contributed by atoms with van der Waals surface area (Å²) < 4.78 is 5.55. The first-order valence-electron chi connectivity index (χ1n) is 8.04. The summed E-state index contributed by atoms with van der Waals surface area (Å²) in [5.41, 5.74) is 0.936. The van der Waals surface area contributed by atoms with Crippen molar-refractivity contribution >= 4 is 5.96 Å². The van der Waals surface area contributed by atoms with E-state index in [-0.39, 0.29) is 0 Å². The molecule has 1 unspecified atom stereocenters. The van der Waals surface area contributed by atoms with E-state index >= 15 is 0 Å². The standard InChI is InChI=1S/C16H30N4O/c1-6-8-9-10-12(3)19-16(17-7-2)18-11-15-20-13(4)14(5)21-15/h12H,6-11H2,1-5H3,(H2,17,18,19). The minimum absolute atomic E-state index is 0.419. The molecule has 0 amide bonds. The molecule has 0 saturated heterocycles. The third-order valence-corrected chi connectivity index (χ3v) is 3.41. The highest BCUT2D eigenvalue weighted by Crippen LogP contribution is 2.09. The van der Waals surface area contributed by atoms with Crippen molar-refractivity contribution in [2.24, 2.45) is 4.99 Å². The van der Waals surface area contributed by atoms with Gasteiger partial charge in [0, 0.05) is 12.6 Å². The molecular weight excluding hydrogens is 264 g/mol. The van der Waals surface area contributed by atoms with Gasteiger partial charge < -0.3 is 15.1 Å². The Morgan fingerprint density at radius 3 is 2.62 bits per heavy atom. The average Bonchev–Trinajstić information content (AvgIpc) is 2.76. The molecule has 21 heavy (non-hydrogen) atoms. The van der Waals surface area contributed by atoms with Crippen molar-refractivity contribution < 1.29 is 4.42 Å². The van der Waals surface area contributed by atoms with Gasteiger partial charge in [0.1, 0.15) is 12.3 Å². The number of oxazole rings is 1. The Morgan fingerprint density at radius 2 is 2.05 bits per heavy atom. The van der Waals surface area contributed by atoms with Crippen LogP contribution in [0.1, 0.15) is 63.8 Å². The first-order chi connectivity index (χ1) is 10.1. The van der Waals surface area contributed by atoms with Crippen LogP contribution < -0.4 is 10.6 Å². The number of guanidine groups is 1. The monoisotopic (exact) mass is 294 g/mol. The highest BCUT2D eigenvalue weighted by Gasteiger charge is 2.07. The molecule has 0 aliphatic carbocycles. The van der Waals surface area contributed by atoms with Crippen LogP contribution in [0.4, 0.5) is 0 Å². The number of nitrogens with zero attached hydrogens (tertiary/aromatic N) is 2.